The number of carbonyl (C=O) groups excluding carboxylic acids is 2. The summed E-state index contributed by atoms with van der Waals surface area (Å²) in [6.45, 7) is 0. The maximum Gasteiger partial charge on any atom is 0.302 e. The van der Waals surface area contributed by atoms with Gasteiger partial charge in [0.15, 0.2) is 0 Å². The fourth-order valence-electron chi connectivity index (χ4n) is 3.85. The maximum absolute atomic E-state index is 13.7. The Morgan fingerprint density at radius 2 is 1.75 bits per heavy atom. The quantitative estimate of drug-likeness (QED) is 0.237. The third-order valence-electron chi connectivity index (χ3n) is 5.34. The summed E-state index contributed by atoms with van der Waals surface area (Å²) in [6, 6.07) is 18.8. The van der Waals surface area contributed by atoms with E-state index in [2.05, 4.69) is 25.9 Å². The maximum atomic E-state index is 13.7. The van der Waals surface area contributed by atoms with Gasteiger partial charge in [0.2, 0.25) is 5.95 Å². The van der Waals surface area contributed by atoms with E-state index in [4.69, 9.17) is 0 Å². The van der Waals surface area contributed by atoms with Crippen molar-refractivity contribution in [3.05, 3.63) is 99.8 Å². The zero-order valence-corrected chi connectivity index (χ0v) is 18.0. The van der Waals surface area contributed by atoms with Crippen molar-refractivity contribution in [3.63, 3.8) is 0 Å². The average molecular weight is 492 g/mol. The SMILES string of the molecule is O=C1C(=O)N(c2nc3ccc(F)cc3[nH]2)C(c2ccccc2)/C1=C(\O)c1ccc(Br)cc1. The lowest BCUT2D eigenvalue weighted by Gasteiger charge is -2.23. The number of aromatic nitrogens is 2. The van der Waals surface area contributed by atoms with E-state index in [1.165, 1.54) is 23.1 Å². The van der Waals surface area contributed by atoms with E-state index in [9.17, 15) is 19.1 Å². The van der Waals surface area contributed by atoms with Crippen LogP contribution in [-0.2, 0) is 9.59 Å². The summed E-state index contributed by atoms with van der Waals surface area (Å²) >= 11 is 3.34. The highest BCUT2D eigenvalue weighted by Crippen LogP contribution is 2.41. The summed E-state index contributed by atoms with van der Waals surface area (Å²) < 4.78 is 14.5. The summed E-state index contributed by atoms with van der Waals surface area (Å²) in [5.41, 5.74) is 1.82. The minimum atomic E-state index is -0.912. The number of nitrogens with zero attached hydrogens (tertiary/aromatic N) is 2. The number of anilines is 1. The molecule has 0 spiro atoms. The van der Waals surface area contributed by atoms with Crippen molar-refractivity contribution in [1.82, 2.24) is 9.97 Å². The van der Waals surface area contributed by atoms with Gasteiger partial charge >= 0.3 is 5.91 Å². The van der Waals surface area contributed by atoms with Gasteiger partial charge < -0.3 is 10.1 Å². The van der Waals surface area contributed by atoms with Gasteiger partial charge in [-0.3, -0.25) is 14.5 Å². The first-order chi connectivity index (χ1) is 15.4. The van der Waals surface area contributed by atoms with E-state index in [1.54, 1.807) is 48.5 Å². The second-order valence-electron chi connectivity index (χ2n) is 7.31. The summed E-state index contributed by atoms with van der Waals surface area (Å²) in [7, 11) is 0. The molecule has 6 nitrogen and oxygen atoms in total. The zero-order chi connectivity index (χ0) is 22.4. The Morgan fingerprint density at radius 3 is 2.47 bits per heavy atom. The first-order valence-corrected chi connectivity index (χ1v) is 10.5. The van der Waals surface area contributed by atoms with Crippen molar-refractivity contribution in [3.8, 4) is 0 Å². The van der Waals surface area contributed by atoms with Crippen molar-refractivity contribution in [2.24, 2.45) is 0 Å². The van der Waals surface area contributed by atoms with Crippen molar-refractivity contribution < 1.29 is 19.1 Å². The molecule has 1 aliphatic rings. The summed E-state index contributed by atoms with van der Waals surface area (Å²) in [4.78, 5) is 34.8. The van der Waals surface area contributed by atoms with Gasteiger partial charge in [-0.25, -0.2) is 9.37 Å². The van der Waals surface area contributed by atoms with Crippen molar-refractivity contribution in [1.29, 1.82) is 0 Å². The lowest BCUT2D eigenvalue weighted by Crippen LogP contribution is -2.30. The first kappa shape index (κ1) is 20.1. The number of amides is 1. The number of nitrogens with one attached hydrogen (secondary N) is 1. The molecule has 4 aromatic rings. The highest BCUT2D eigenvalue weighted by Gasteiger charge is 2.48. The minimum Gasteiger partial charge on any atom is -0.507 e. The van der Waals surface area contributed by atoms with Crippen LogP contribution in [-0.4, -0.2) is 26.8 Å². The Labute approximate surface area is 190 Å². The zero-order valence-electron chi connectivity index (χ0n) is 16.4. The van der Waals surface area contributed by atoms with Crippen LogP contribution in [0.15, 0.2) is 82.8 Å². The molecule has 3 aromatic carbocycles. The number of aliphatic hydroxyl groups is 1. The molecule has 2 N–H and O–H groups in total. The number of Topliss-reactive ketones (excluding diaryl/α,β-unsaturated/α-hetero) is 1. The van der Waals surface area contributed by atoms with Crippen LogP contribution < -0.4 is 4.90 Å². The van der Waals surface area contributed by atoms with Crippen LogP contribution in [0.4, 0.5) is 10.3 Å². The molecule has 32 heavy (non-hydrogen) atoms. The number of aromatic amines is 1. The third kappa shape index (κ3) is 3.29. The van der Waals surface area contributed by atoms with E-state index in [1.807, 2.05) is 6.07 Å². The molecule has 0 bridgehead atoms. The van der Waals surface area contributed by atoms with Crippen LogP contribution in [0, 0.1) is 5.82 Å². The average Bonchev–Trinajstić information content (AvgIpc) is 3.32. The number of aliphatic hydroxyl groups excluding tert-OH is 1. The van der Waals surface area contributed by atoms with Crippen LogP contribution in [0.3, 0.4) is 0 Å². The Balaban J connectivity index is 1.72. The van der Waals surface area contributed by atoms with Gasteiger partial charge in [0.1, 0.15) is 11.6 Å². The number of hydrogen-bond donors (Lipinski definition) is 2. The predicted octanol–water partition coefficient (Wildman–Crippen LogP) is 5.09. The third-order valence-corrected chi connectivity index (χ3v) is 5.87. The summed E-state index contributed by atoms with van der Waals surface area (Å²) in [5.74, 6) is -2.31. The molecule has 0 radical (unpaired) electrons. The number of benzene rings is 3. The molecular weight excluding hydrogens is 477 g/mol. The largest absolute Gasteiger partial charge is 0.507 e. The van der Waals surface area contributed by atoms with E-state index < -0.39 is 23.5 Å². The molecule has 8 heteroatoms. The van der Waals surface area contributed by atoms with Crippen LogP contribution in [0.1, 0.15) is 17.2 Å². The van der Waals surface area contributed by atoms with Gasteiger partial charge in [0.25, 0.3) is 5.78 Å². The number of fused-ring (bicyclic) bond motifs is 1. The van der Waals surface area contributed by atoms with Gasteiger partial charge in [-0.2, -0.15) is 0 Å². The molecule has 1 aliphatic heterocycles. The van der Waals surface area contributed by atoms with Crippen molar-refractivity contribution in [2.75, 3.05) is 4.90 Å². The second kappa shape index (κ2) is 7.72. The standard InChI is InChI=1S/C24H15BrFN3O3/c25-15-8-6-14(7-9-15)21(30)19-20(13-4-2-1-3-5-13)29(23(32)22(19)31)24-27-17-11-10-16(26)12-18(17)28-24/h1-12,20,30H,(H,27,28)/b21-19+. The fourth-order valence-corrected chi connectivity index (χ4v) is 4.11. The van der Waals surface area contributed by atoms with E-state index >= 15 is 0 Å². The lowest BCUT2D eigenvalue weighted by atomic mass is 9.95. The molecule has 1 atom stereocenters. The highest BCUT2D eigenvalue weighted by atomic mass is 79.9. The number of H-pyrrole nitrogens is 1. The predicted molar refractivity (Wildman–Crippen MR) is 121 cm³/mol. The number of hydrogen-bond acceptors (Lipinski definition) is 4. The van der Waals surface area contributed by atoms with Gasteiger partial charge in [0.05, 0.1) is 22.6 Å². The first-order valence-electron chi connectivity index (χ1n) is 9.71. The van der Waals surface area contributed by atoms with E-state index in [0.29, 0.717) is 22.2 Å². The normalized spacial score (nSPS) is 17.9. The Bertz CT molecular complexity index is 1400. The molecule has 1 aromatic heterocycles. The molecule has 1 saturated heterocycles. The monoisotopic (exact) mass is 491 g/mol. The van der Waals surface area contributed by atoms with Crippen molar-refractivity contribution >= 4 is 50.4 Å². The Hall–Kier alpha value is -3.78. The van der Waals surface area contributed by atoms with Gasteiger partial charge in [-0.15, -0.1) is 0 Å². The minimum absolute atomic E-state index is 0.0461. The summed E-state index contributed by atoms with van der Waals surface area (Å²) in [6.07, 6.45) is 0. The number of ketones is 1. The van der Waals surface area contributed by atoms with Crippen LogP contribution in [0.25, 0.3) is 16.8 Å². The molecule has 158 valence electrons. The molecule has 1 amide bonds. The van der Waals surface area contributed by atoms with Gasteiger partial charge in [-0.1, -0.05) is 58.4 Å². The molecule has 5 rings (SSSR count). The number of imidazole rings is 1. The fraction of sp³-hybridized carbons (Fsp3) is 0.0417. The Kier molecular flexibility index (Phi) is 4.86. The topological polar surface area (TPSA) is 86.3 Å². The number of carbonyl (C=O) groups is 2. The molecule has 2 heterocycles. The van der Waals surface area contributed by atoms with Crippen molar-refractivity contribution in [2.45, 2.75) is 6.04 Å². The highest BCUT2D eigenvalue weighted by molar-refractivity contribution is 9.10. The van der Waals surface area contributed by atoms with Gasteiger partial charge in [0, 0.05) is 10.0 Å². The smallest absolute Gasteiger partial charge is 0.302 e. The molecule has 0 saturated carbocycles. The van der Waals surface area contributed by atoms with Gasteiger partial charge in [-0.05, 0) is 35.9 Å². The van der Waals surface area contributed by atoms with Crippen LogP contribution in [0.2, 0.25) is 0 Å². The molecule has 0 aliphatic carbocycles. The number of rotatable bonds is 3. The molecule has 1 fully saturated rings. The number of halogens is 2. The lowest BCUT2D eigenvalue weighted by molar-refractivity contribution is -0.132. The second-order valence-corrected chi connectivity index (χ2v) is 8.22. The molecule has 1 unspecified atom stereocenters. The van der Waals surface area contributed by atoms with E-state index in [0.717, 1.165) is 4.47 Å². The van der Waals surface area contributed by atoms with Crippen LogP contribution >= 0.6 is 15.9 Å². The van der Waals surface area contributed by atoms with Crippen LogP contribution in [0.5, 0.6) is 0 Å². The molecular formula is C24H15BrFN3O3. The Morgan fingerprint density at radius 1 is 1.03 bits per heavy atom. The summed E-state index contributed by atoms with van der Waals surface area (Å²) in [5, 5.41) is 11.1. The van der Waals surface area contributed by atoms with E-state index in [-0.39, 0.29) is 17.3 Å².